The lowest BCUT2D eigenvalue weighted by molar-refractivity contribution is -0.137. The number of hydrogen-bond acceptors (Lipinski definition) is 4. The van der Waals surface area contributed by atoms with Gasteiger partial charge in [0.1, 0.15) is 5.75 Å². The number of carbonyl (C=O) groups excluding carboxylic acids is 1. The molecule has 3 aromatic rings. The first-order valence-corrected chi connectivity index (χ1v) is 9.01. The summed E-state index contributed by atoms with van der Waals surface area (Å²) >= 11 is 11.4. The molecule has 2 aromatic carbocycles. The molecule has 0 atom stereocenters. The third-order valence-corrected chi connectivity index (χ3v) is 4.23. The quantitative estimate of drug-likeness (QED) is 0.422. The number of alkyl halides is 3. The van der Waals surface area contributed by atoms with E-state index in [4.69, 9.17) is 33.7 Å². The van der Waals surface area contributed by atoms with Crippen molar-refractivity contribution in [2.75, 3.05) is 16.4 Å². The largest absolute Gasteiger partial charge is 0.453 e. The minimum atomic E-state index is -4.64. The van der Waals surface area contributed by atoms with Crippen molar-refractivity contribution in [1.29, 1.82) is 0 Å². The maximum absolute atomic E-state index is 12.9. The number of pyridine rings is 1. The maximum Gasteiger partial charge on any atom is 0.417 e. The number of hydrogen-bond donors (Lipinski definition) is 3. The summed E-state index contributed by atoms with van der Waals surface area (Å²) in [5.41, 5.74) is 4.93. The average molecular weight is 457 g/mol. The molecule has 4 N–H and O–H groups in total. The van der Waals surface area contributed by atoms with Gasteiger partial charge in [-0.2, -0.15) is 13.2 Å². The van der Waals surface area contributed by atoms with Crippen molar-refractivity contribution in [3.05, 3.63) is 70.3 Å². The molecule has 0 aliphatic heterocycles. The van der Waals surface area contributed by atoms with Gasteiger partial charge in [0.2, 0.25) is 0 Å². The van der Waals surface area contributed by atoms with Crippen LogP contribution in [0.5, 0.6) is 11.5 Å². The van der Waals surface area contributed by atoms with E-state index in [-0.39, 0.29) is 17.3 Å². The Morgan fingerprint density at radius 2 is 1.73 bits per heavy atom. The van der Waals surface area contributed by atoms with E-state index < -0.39 is 22.8 Å². The summed E-state index contributed by atoms with van der Waals surface area (Å²) in [5.74, 6) is 0.679. The van der Waals surface area contributed by atoms with Crippen molar-refractivity contribution in [3.63, 3.8) is 0 Å². The van der Waals surface area contributed by atoms with Gasteiger partial charge in [-0.3, -0.25) is 0 Å². The first-order chi connectivity index (χ1) is 14.1. The number of carbonyl (C=O) groups is 1. The number of benzene rings is 2. The Balaban J connectivity index is 1.71. The summed E-state index contributed by atoms with van der Waals surface area (Å²) in [5, 5.41) is 4.68. The number of anilines is 3. The fourth-order valence-electron chi connectivity index (χ4n) is 2.39. The number of rotatable bonds is 4. The number of nitrogens with zero attached hydrogens (tertiary/aromatic N) is 1. The molecule has 0 spiro atoms. The van der Waals surface area contributed by atoms with Crippen LogP contribution in [0.15, 0.2) is 54.7 Å². The Morgan fingerprint density at radius 1 is 1.03 bits per heavy atom. The van der Waals surface area contributed by atoms with Crippen molar-refractivity contribution in [2.24, 2.45) is 0 Å². The fourth-order valence-corrected chi connectivity index (χ4v) is 2.76. The highest BCUT2D eigenvalue weighted by atomic mass is 35.5. The van der Waals surface area contributed by atoms with E-state index in [0.717, 1.165) is 12.1 Å². The molecule has 3 rings (SSSR count). The van der Waals surface area contributed by atoms with E-state index >= 15 is 0 Å². The molecular weight excluding hydrogens is 444 g/mol. The van der Waals surface area contributed by atoms with Crippen LogP contribution < -0.4 is 21.1 Å². The zero-order valence-electron chi connectivity index (χ0n) is 14.9. The Bertz CT molecular complexity index is 1090. The second kappa shape index (κ2) is 8.68. The highest BCUT2D eigenvalue weighted by molar-refractivity contribution is 6.31. The molecule has 0 unspecified atom stereocenters. The molecule has 156 valence electrons. The van der Waals surface area contributed by atoms with Gasteiger partial charge >= 0.3 is 12.2 Å². The van der Waals surface area contributed by atoms with E-state index in [1.165, 1.54) is 24.4 Å². The molecule has 6 nitrogen and oxygen atoms in total. The summed E-state index contributed by atoms with van der Waals surface area (Å²) in [6, 6.07) is 10.0. The maximum atomic E-state index is 12.9. The van der Waals surface area contributed by atoms with E-state index in [9.17, 15) is 18.0 Å². The van der Waals surface area contributed by atoms with Gasteiger partial charge in [-0.1, -0.05) is 29.3 Å². The number of aromatic nitrogens is 1. The first kappa shape index (κ1) is 21.5. The number of nitrogens with two attached hydrogens (primary N) is 1. The number of amides is 2. The van der Waals surface area contributed by atoms with Crippen LogP contribution in [-0.4, -0.2) is 11.0 Å². The van der Waals surface area contributed by atoms with Gasteiger partial charge in [-0.25, -0.2) is 9.78 Å². The van der Waals surface area contributed by atoms with E-state index in [1.54, 1.807) is 18.2 Å². The van der Waals surface area contributed by atoms with E-state index in [2.05, 4.69) is 15.6 Å². The number of urea groups is 1. The molecule has 2 amide bonds. The number of nitrogens with one attached hydrogen (secondary N) is 2. The molecule has 0 bridgehead atoms. The molecule has 0 aliphatic carbocycles. The molecule has 0 saturated heterocycles. The SMILES string of the molecule is Nc1ncc(Cl)cc1Oc1cccc(NC(=O)Nc2ccc(Cl)c(C(F)(F)F)c2)c1. The summed E-state index contributed by atoms with van der Waals surface area (Å²) < 4.78 is 44.4. The normalized spacial score (nSPS) is 11.1. The third kappa shape index (κ3) is 5.46. The summed E-state index contributed by atoms with van der Waals surface area (Å²) in [4.78, 5) is 16.0. The number of nitrogen functional groups attached to an aromatic ring is 1. The van der Waals surface area contributed by atoms with Gasteiger partial charge < -0.3 is 21.1 Å². The second-order valence-corrected chi connectivity index (χ2v) is 6.78. The standard InChI is InChI=1S/C19H13Cl2F3N4O2/c20-10-6-16(17(25)26-9-10)30-13-3-1-2-11(7-13)27-18(29)28-12-4-5-15(21)14(8-12)19(22,23)24/h1-9H,(H2,25,26)(H2,27,28,29). The third-order valence-electron chi connectivity index (χ3n) is 3.70. The summed E-state index contributed by atoms with van der Waals surface area (Å²) in [6.45, 7) is 0. The number of ether oxygens (including phenoxy) is 1. The molecular formula is C19H13Cl2F3N4O2. The van der Waals surface area contributed by atoms with Crippen LogP contribution in [0, 0.1) is 0 Å². The molecule has 0 radical (unpaired) electrons. The predicted molar refractivity (Wildman–Crippen MR) is 109 cm³/mol. The molecule has 0 fully saturated rings. The topological polar surface area (TPSA) is 89.3 Å². The Kier molecular flexibility index (Phi) is 6.23. The minimum Gasteiger partial charge on any atom is -0.453 e. The van der Waals surface area contributed by atoms with E-state index in [1.807, 2.05) is 0 Å². The average Bonchev–Trinajstić information content (AvgIpc) is 2.65. The van der Waals surface area contributed by atoms with Crippen molar-refractivity contribution in [2.45, 2.75) is 6.18 Å². The van der Waals surface area contributed by atoms with Gasteiger partial charge in [-0.05, 0) is 30.3 Å². The molecule has 0 aliphatic rings. The smallest absolute Gasteiger partial charge is 0.417 e. The summed E-state index contributed by atoms with van der Waals surface area (Å²) in [7, 11) is 0. The van der Waals surface area contributed by atoms with Crippen LogP contribution in [0.1, 0.15) is 5.56 Å². The van der Waals surface area contributed by atoms with Crippen LogP contribution in [0.2, 0.25) is 10.0 Å². The van der Waals surface area contributed by atoms with Gasteiger partial charge in [0.05, 0.1) is 15.6 Å². The van der Waals surface area contributed by atoms with Gasteiger partial charge in [0.15, 0.2) is 11.6 Å². The molecule has 1 aromatic heterocycles. The lowest BCUT2D eigenvalue weighted by Crippen LogP contribution is -2.20. The van der Waals surface area contributed by atoms with Crippen LogP contribution >= 0.6 is 23.2 Å². The fraction of sp³-hybridized carbons (Fsp3) is 0.0526. The second-order valence-electron chi connectivity index (χ2n) is 5.94. The monoisotopic (exact) mass is 456 g/mol. The molecule has 30 heavy (non-hydrogen) atoms. The minimum absolute atomic E-state index is 0.0746. The van der Waals surface area contributed by atoms with Crippen molar-refractivity contribution in [1.82, 2.24) is 4.98 Å². The van der Waals surface area contributed by atoms with Crippen molar-refractivity contribution < 1.29 is 22.7 Å². The highest BCUT2D eigenvalue weighted by Gasteiger charge is 2.33. The van der Waals surface area contributed by atoms with Crippen LogP contribution in [0.4, 0.5) is 35.2 Å². The predicted octanol–water partition coefficient (Wildman–Crippen LogP) is 6.43. The lowest BCUT2D eigenvalue weighted by Gasteiger charge is -2.13. The van der Waals surface area contributed by atoms with E-state index in [0.29, 0.717) is 16.5 Å². The Morgan fingerprint density at radius 3 is 2.43 bits per heavy atom. The Hall–Kier alpha value is -3.17. The van der Waals surface area contributed by atoms with Gasteiger partial charge in [-0.15, -0.1) is 0 Å². The van der Waals surface area contributed by atoms with Crippen LogP contribution in [0.3, 0.4) is 0 Å². The Labute approximate surface area is 178 Å². The number of halogens is 5. The first-order valence-electron chi connectivity index (χ1n) is 8.25. The van der Waals surface area contributed by atoms with Crippen LogP contribution in [0.25, 0.3) is 0 Å². The molecule has 1 heterocycles. The van der Waals surface area contributed by atoms with Crippen LogP contribution in [-0.2, 0) is 6.18 Å². The lowest BCUT2D eigenvalue weighted by atomic mass is 10.2. The van der Waals surface area contributed by atoms with Crippen molar-refractivity contribution in [3.8, 4) is 11.5 Å². The summed E-state index contributed by atoms with van der Waals surface area (Å²) in [6.07, 6.45) is -3.28. The highest BCUT2D eigenvalue weighted by Crippen LogP contribution is 2.36. The van der Waals surface area contributed by atoms with Gasteiger partial charge in [0, 0.05) is 29.7 Å². The molecule has 0 saturated carbocycles. The zero-order chi connectivity index (χ0) is 21.9. The van der Waals surface area contributed by atoms with Gasteiger partial charge in [0.25, 0.3) is 0 Å². The molecule has 11 heteroatoms. The van der Waals surface area contributed by atoms with Crippen molar-refractivity contribution >= 4 is 46.4 Å². The zero-order valence-corrected chi connectivity index (χ0v) is 16.4.